The van der Waals surface area contributed by atoms with Crippen LogP contribution >= 0.6 is 31.9 Å². The molecule has 0 saturated carbocycles. The van der Waals surface area contributed by atoms with Crippen LogP contribution in [0.1, 0.15) is 30.3 Å². The Kier molecular flexibility index (Phi) is 5.98. The summed E-state index contributed by atoms with van der Waals surface area (Å²) in [6, 6.07) is 3.69. The topological polar surface area (TPSA) is 42.0 Å². The maximum atomic E-state index is 11.7. The summed E-state index contributed by atoms with van der Waals surface area (Å²) in [5, 5.41) is 3.87. The van der Waals surface area contributed by atoms with Crippen molar-refractivity contribution in [2.45, 2.75) is 25.8 Å². The number of hydrogen-bond donors (Lipinski definition) is 1. The van der Waals surface area contributed by atoms with Crippen LogP contribution in [-0.4, -0.2) is 22.3 Å². The van der Waals surface area contributed by atoms with E-state index < -0.39 is 0 Å². The maximum absolute atomic E-state index is 11.7. The van der Waals surface area contributed by atoms with Gasteiger partial charge in [0.15, 0.2) is 0 Å². The molecule has 0 spiro atoms. The molecule has 0 bridgehead atoms. The van der Waals surface area contributed by atoms with Crippen LogP contribution in [0.4, 0.5) is 0 Å². The number of carbonyl (C=O) groups excluding carboxylic acids is 1. The lowest BCUT2D eigenvalue weighted by Gasteiger charge is -2.12. The number of pyridine rings is 1. The molecule has 0 radical (unpaired) electrons. The second kappa shape index (κ2) is 7.01. The lowest BCUT2D eigenvalue weighted by atomic mass is 10.2. The van der Waals surface area contributed by atoms with Gasteiger partial charge < -0.3 is 5.32 Å². The summed E-state index contributed by atoms with van der Waals surface area (Å²) in [6.45, 7) is 2.00. The third-order valence-electron chi connectivity index (χ3n) is 2.11. The maximum Gasteiger partial charge on any atom is 0.270 e. The molecular weight excluding hydrogens is 336 g/mol. The second-order valence-electron chi connectivity index (χ2n) is 3.57. The smallest absolute Gasteiger partial charge is 0.270 e. The number of carbonyl (C=O) groups is 1. The van der Waals surface area contributed by atoms with Crippen LogP contribution in [-0.2, 0) is 0 Å². The first-order chi connectivity index (χ1) is 7.63. The Morgan fingerprint density at radius 3 is 2.88 bits per heavy atom. The van der Waals surface area contributed by atoms with E-state index in [1.807, 2.05) is 13.0 Å². The first-order valence-electron chi connectivity index (χ1n) is 5.12. The van der Waals surface area contributed by atoms with Gasteiger partial charge in [0, 0.05) is 22.0 Å². The average Bonchev–Trinajstić information content (AvgIpc) is 2.27. The van der Waals surface area contributed by atoms with Crippen LogP contribution in [0.15, 0.2) is 22.8 Å². The zero-order valence-corrected chi connectivity index (χ0v) is 12.2. The molecule has 1 heterocycles. The number of rotatable bonds is 5. The van der Waals surface area contributed by atoms with Crippen molar-refractivity contribution in [1.82, 2.24) is 10.3 Å². The average molecular weight is 350 g/mol. The molecule has 88 valence electrons. The van der Waals surface area contributed by atoms with Crippen LogP contribution in [0.25, 0.3) is 0 Å². The van der Waals surface area contributed by atoms with Crippen molar-refractivity contribution in [3.05, 3.63) is 28.5 Å². The molecule has 16 heavy (non-hydrogen) atoms. The fourth-order valence-corrected chi connectivity index (χ4v) is 1.82. The summed E-state index contributed by atoms with van der Waals surface area (Å²) < 4.78 is 0.872. The minimum atomic E-state index is -0.116. The molecular formula is C11H14Br2N2O. The Hall–Kier alpha value is -0.420. The quantitative estimate of drug-likeness (QED) is 0.830. The molecule has 0 aliphatic carbocycles. The molecule has 0 aliphatic rings. The highest BCUT2D eigenvalue weighted by Crippen LogP contribution is 2.08. The third-order valence-corrected chi connectivity index (χ3v) is 3.14. The van der Waals surface area contributed by atoms with E-state index in [0.29, 0.717) is 5.69 Å². The molecule has 0 aliphatic heterocycles. The number of nitrogens with zero attached hydrogens (tertiary/aromatic N) is 1. The first-order valence-corrected chi connectivity index (χ1v) is 7.03. The predicted octanol–water partition coefficient (Wildman–Crippen LogP) is 3.14. The van der Waals surface area contributed by atoms with Crippen LogP contribution in [0, 0.1) is 0 Å². The molecule has 5 heteroatoms. The molecule has 1 rings (SSSR count). The van der Waals surface area contributed by atoms with E-state index in [2.05, 4.69) is 42.2 Å². The van der Waals surface area contributed by atoms with Crippen molar-refractivity contribution in [1.29, 1.82) is 0 Å². The van der Waals surface area contributed by atoms with E-state index in [9.17, 15) is 4.79 Å². The number of nitrogens with one attached hydrogen (secondary N) is 1. The fraction of sp³-hybridized carbons (Fsp3) is 0.455. The molecule has 1 aromatic heterocycles. The fourth-order valence-electron chi connectivity index (χ4n) is 1.26. The van der Waals surface area contributed by atoms with E-state index >= 15 is 0 Å². The van der Waals surface area contributed by atoms with Gasteiger partial charge in [0.1, 0.15) is 5.69 Å². The van der Waals surface area contributed by atoms with Crippen molar-refractivity contribution in [2.24, 2.45) is 0 Å². The highest BCUT2D eigenvalue weighted by molar-refractivity contribution is 9.10. The highest BCUT2D eigenvalue weighted by Gasteiger charge is 2.10. The number of hydrogen-bond acceptors (Lipinski definition) is 2. The molecule has 1 aromatic rings. The zero-order valence-electron chi connectivity index (χ0n) is 9.04. The van der Waals surface area contributed by atoms with Crippen LogP contribution < -0.4 is 5.32 Å². The Morgan fingerprint density at radius 2 is 2.31 bits per heavy atom. The molecule has 0 fully saturated rings. The van der Waals surface area contributed by atoms with Crippen molar-refractivity contribution in [3.63, 3.8) is 0 Å². The molecule has 1 unspecified atom stereocenters. The van der Waals surface area contributed by atoms with E-state index in [4.69, 9.17) is 0 Å². The number of alkyl halides is 1. The van der Waals surface area contributed by atoms with Crippen LogP contribution in [0.2, 0.25) is 0 Å². The van der Waals surface area contributed by atoms with Gasteiger partial charge in [-0.25, -0.2) is 4.98 Å². The lowest BCUT2D eigenvalue weighted by Crippen LogP contribution is -2.33. The first kappa shape index (κ1) is 13.6. The predicted molar refractivity (Wildman–Crippen MR) is 71.9 cm³/mol. The van der Waals surface area contributed by atoms with Gasteiger partial charge >= 0.3 is 0 Å². The van der Waals surface area contributed by atoms with E-state index in [1.165, 1.54) is 0 Å². The zero-order chi connectivity index (χ0) is 12.0. The Bertz CT molecular complexity index is 340. The largest absolute Gasteiger partial charge is 0.348 e. The minimum Gasteiger partial charge on any atom is -0.348 e. The molecule has 1 N–H and O–H groups in total. The van der Waals surface area contributed by atoms with Crippen molar-refractivity contribution in [3.8, 4) is 0 Å². The van der Waals surface area contributed by atoms with Crippen LogP contribution in [0.3, 0.4) is 0 Å². The van der Waals surface area contributed by atoms with Gasteiger partial charge in [-0.05, 0) is 47.8 Å². The van der Waals surface area contributed by atoms with E-state index in [0.717, 1.165) is 22.6 Å². The molecule has 1 amide bonds. The minimum absolute atomic E-state index is 0.116. The normalized spacial score (nSPS) is 12.2. The molecule has 1 atom stereocenters. The summed E-state index contributed by atoms with van der Waals surface area (Å²) in [5.41, 5.74) is 0.453. The summed E-state index contributed by atoms with van der Waals surface area (Å²) in [4.78, 5) is 15.8. The SMILES string of the molecule is CC(CCCBr)NC(=O)c1ccc(Br)cn1. The Balaban J connectivity index is 2.48. The number of aromatic nitrogens is 1. The van der Waals surface area contributed by atoms with Gasteiger partial charge in [-0.3, -0.25) is 4.79 Å². The Labute approximate surface area is 112 Å². The lowest BCUT2D eigenvalue weighted by molar-refractivity contribution is 0.0933. The van der Waals surface area contributed by atoms with E-state index in [-0.39, 0.29) is 11.9 Å². The summed E-state index contributed by atoms with van der Waals surface area (Å²) in [5.74, 6) is -0.116. The molecule has 0 aromatic carbocycles. The Morgan fingerprint density at radius 1 is 1.56 bits per heavy atom. The van der Waals surface area contributed by atoms with Gasteiger partial charge in [0.2, 0.25) is 0 Å². The van der Waals surface area contributed by atoms with Crippen molar-refractivity contribution < 1.29 is 4.79 Å². The van der Waals surface area contributed by atoms with Gasteiger partial charge in [0.05, 0.1) is 0 Å². The third kappa shape index (κ3) is 4.61. The summed E-state index contributed by atoms with van der Waals surface area (Å²) >= 11 is 6.65. The van der Waals surface area contributed by atoms with Gasteiger partial charge in [0.25, 0.3) is 5.91 Å². The van der Waals surface area contributed by atoms with Gasteiger partial charge in [-0.2, -0.15) is 0 Å². The second-order valence-corrected chi connectivity index (χ2v) is 5.28. The number of amides is 1. The summed E-state index contributed by atoms with van der Waals surface area (Å²) in [6.07, 6.45) is 3.64. The molecule has 0 saturated heterocycles. The number of halogens is 2. The molecule has 3 nitrogen and oxygen atoms in total. The van der Waals surface area contributed by atoms with E-state index in [1.54, 1.807) is 12.3 Å². The monoisotopic (exact) mass is 348 g/mol. The summed E-state index contributed by atoms with van der Waals surface area (Å²) in [7, 11) is 0. The standard InChI is InChI=1S/C11H14Br2N2O/c1-8(3-2-6-12)15-11(16)10-5-4-9(13)7-14-10/h4-5,7-8H,2-3,6H2,1H3,(H,15,16). The van der Waals surface area contributed by atoms with Gasteiger partial charge in [-0.1, -0.05) is 15.9 Å². The van der Waals surface area contributed by atoms with Crippen molar-refractivity contribution in [2.75, 3.05) is 5.33 Å². The van der Waals surface area contributed by atoms with Gasteiger partial charge in [-0.15, -0.1) is 0 Å². The highest BCUT2D eigenvalue weighted by atomic mass is 79.9. The van der Waals surface area contributed by atoms with Crippen molar-refractivity contribution >= 4 is 37.8 Å². The van der Waals surface area contributed by atoms with Crippen LogP contribution in [0.5, 0.6) is 0 Å².